The lowest BCUT2D eigenvalue weighted by Gasteiger charge is -2.41. The van der Waals surface area contributed by atoms with Crippen LogP contribution in [0, 0.1) is 11.8 Å². The van der Waals surface area contributed by atoms with Gasteiger partial charge in [-0.05, 0) is 19.8 Å². The average Bonchev–Trinajstić information content (AvgIpc) is 2.97. The first-order valence-electron chi connectivity index (χ1n) is 8.83. The molecule has 9 unspecified atom stereocenters. The first-order chi connectivity index (χ1) is 12.7. The number of aliphatic hydroxyl groups is 5. The Morgan fingerprint density at radius 3 is 2.63 bits per heavy atom. The lowest BCUT2D eigenvalue weighted by atomic mass is 9.81. The third kappa shape index (κ3) is 3.70. The van der Waals surface area contributed by atoms with E-state index in [-0.39, 0.29) is 12.5 Å². The Kier molecular flexibility index (Phi) is 5.78. The first-order valence-corrected chi connectivity index (χ1v) is 8.83. The normalized spacial score (nSPS) is 47.0. The SMILES string of the molecule is COC(=O)C1=COC(OCC2OC(O)C(O)C(O)C2O)C2C1CCC2(C)O. The number of ether oxygens (including phenoxy) is 4. The van der Waals surface area contributed by atoms with Crippen LogP contribution in [0.25, 0.3) is 0 Å². The number of fused-ring (bicyclic) bond motifs is 1. The number of methoxy groups -OCH3 is 1. The van der Waals surface area contributed by atoms with Crippen molar-refractivity contribution in [1.29, 1.82) is 0 Å². The largest absolute Gasteiger partial charge is 0.472 e. The highest BCUT2D eigenvalue weighted by Crippen LogP contribution is 2.49. The van der Waals surface area contributed by atoms with Gasteiger partial charge in [0.15, 0.2) is 6.29 Å². The van der Waals surface area contributed by atoms with Gasteiger partial charge in [0.25, 0.3) is 0 Å². The fraction of sp³-hybridized carbons (Fsp3) is 0.824. The molecule has 5 N–H and O–H groups in total. The van der Waals surface area contributed by atoms with Crippen LogP contribution in [0.15, 0.2) is 11.8 Å². The van der Waals surface area contributed by atoms with Gasteiger partial charge in [-0.3, -0.25) is 0 Å². The predicted molar refractivity (Wildman–Crippen MR) is 86.7 cm³/mol. The number of esters is 1. The molecule has 27 heavy (non-hydrogen) atoms. The van der Waals surface area contributed by atoms with Crippen LogP contribution < -0.4 is 0 Å². The van der Waals surface area contributed by atoms with Crippen molar-refractivity contribution in [1.82, 2.24) is 0 Å². The minimum Gasteiger partial charge on any atom is -0.472 e. The monoisotopic (exact) mass is 390 g/mol. The Bertz CT molecular complexity index is 590. The number of hydrogen-bond acceptors (Lipinski definition) is 10. The second-order valence-corrected chi connectivity index (χ2v) is 7.47. The Morgan fingerprint density at radius 1 is 1.26 bits per heavy atom. The summed E-state index contributed by atoms with van der Waals surface area (Å²) in [7, 11) is 1.26. The van der Waals surface area contributed by atoms with Crippen LogP contribution in [0.4, 0.5) is 0 Å². The molecular formula is C17H26O10. The Hall–Kier alpha value is -1.27. The molecule has 154 valence electrons. The molecule has 2 aliphatic heterocycles. The van der Waals surface area contributed by atoms with Crippen molar-refractivity contribution < 1.29 is 49.3 Å². The molecule has 1 saturated carbocycles. The molecule has 0 aromatic heterocycles. The van der Waals surface area contributed by atoms with Crippen molar-refractivity contribution in [3.63, 3.8) is 0 Å². The summed E-state index contributed by atoms with van der Waals surface area (Å²) in [5.74, 6) is -1.41. The van der Waals surface area contributed by atoms with E-state index < -0.39 is 54.5 Å². The van der Waals surface area contributed by atoms with Crippen LogP contribution in [0.1, 0.15) is 19.8 Å². The fourth-order valence-corrected chi connectivity index (χ4v) is 4.09. The highest BCUT2D eigenvalue weighted by molar-refractivity contribution is 5.89. The molecular weight excluding hydrogens is 364 g/mol. The molecule has 0 aromatic rings. The van der Waals surface area contributed by atoms with Crippen LogP contribution in [-0.2, 0) is 23.7 Å². The molecule has 2 heterocycles. The van der Waals surface area contributed by atoms with Crippen molar-refractivity contribution in [2.24, 2.45) is 11.8 Å². The number of hydrogen-bond donors (Lipinski definition) is 5. The van der Waals surface area contributed by atoms with Gasteiger partial charge in [0, 0.05) is 5.92 Å². The first kappa shape index (κ1) is 20.5. The average molecular weight is 390 g/mol. The summed E-state index contributed by atoms with van der Waals surface area (Å²) in [5, 5.41) is 49.6. The molecule has 3 aliphatic rings. The highest BCUT2D eigenvalue weighted by atomic mass is 16.7. The maximum absolute atomic E-state index is 12.0. The van der Waals surface area contributed by atoms with E-state index in [1.54, 1.807) is 6.92 Å². The number of aliphatic hydroxyl groups excluding tert-OH is 4. The summed E-state index contributed by atoms with van der Waals surface area (Å²) in [4.78, 5) is 12.0. The van der Waals surface area contributed by atoms with Crippen LogP contribution in [0.3, 0.4) is 0 Å². The zero-order valence-electron chi connectivity index (χ0n) is 15.1. The molecule has 1 saturated heterocycles. The molecule has 1 aliphatic carbocycles. The highest BCUT2D eigenvalue weighted by Gasteiger charge is 2.54. The molecule has 0 spiro atoms. The van der Waals surface area contributed by atoms with E-state index >= 15 is 0 Å². The van der Waals surface area contributed by atoms with E-state index in [1.165, 1.54) is 13.4 Å². The van der Waals surface area contributed by atoms with Crippen LogP contribution in [-0.4, -0.2) is 87.8 Å². The van der Waals surface area contributed by atoms with Gasteiger partial charge in [-0.1, -0.05) is 0 Å². The molecule has 2 fully saturated rings. The van der Waals surface area contributed by atoms with E-state index in [4.69, 9.17) is 18.9 Å². The van der Waals surface area contributed by atoms with Crippen LogP contribution in [0.5, 0.6) is 0 Å². The van der Waals surface area contributed by atoms with Gasteiger partial charge in [-0.25, -0.2) is 4.79 Å². The third-order valence-electron chi connectivity index (χ3n) is 5.67. The Morgan fingerprint density at radius 2 is 1.96 bits per heavy atom. The van der Waals surface area contributed by atoms with E-state index in [9.17, 15) is 30.3 Å². The number of rotatable bonds is 4. The zero-order valence-corrected chi connectivity index (χ0v) is 15.1. The number of carbonyl (C=O) groups is 1. The molecule has 0 aromatic carbocycles. The summed E-state index contributed by atoms with van der Waals surface area (Å²) in [5.41, 5.74) is -0.826. The summed E-state index contributed by atoms with van der Waals surface area (Å²) >= 11 is 0. The topological polar surface area (TPSA) is 155 Å². The summed E-state index contributed by atoms with van der Waals surface area (Å²) in [6, 6.07) is 0. The minimum absolute atomic E-state index is 0.270. The molecule has 3 rings (SSSR count). The smallest absolute Gasteiger partial charge is 0.337 e. The van der Waals surface area contributed by atoms with Crippen LogP contribution >= 0.6 is 0 Å². The summed E-state index contributed by atoms with van der Waals surface area (Å²) in [6.07, 6.45) is -6.18. The van der Waals surface area contributed by atoms with E-state index in [0.717, 1.165) is 0 Å². The van der Waals surface area contributed by atoms with Gasteiger partial charge >= 0.3 is 5.97 Å². The lowest BCUT2D eigenvalue weighted by Crippen LogP contribution is -2.59. The molecule has 0 bridgehead atoms. The van der Waals surface area contributed by atoms with Crippen LogP contribution in [0.2, 0.25) is 0 Å². The van der Waals surface area contributed by atoms with Crippen molar-refractivity contribution in [2.75, 3.05) is 13.7 Å². The van der Waals surface area contributed by atoms with Gasteiger partial charge in [-0.2, -0.15) is 0 Å². The quantitative estimate of drug-likeness (QED) is 0.340. The van der Waals surface area contributed by atoms with E-state index in [0.29, 0.717) is 18.4 Å². The fourth-order valence-electron chi connectivity index (χ4n) is 4.09. The Balaban J connectivity index is 1.71. The third-order valence-corrected chi connectivity index (χ3v) is 5.67. The zero-order chi connectivity index (χ0) is 19.9. The van der Waals surface area contributed by atoms with Gasteiger partial charge in [-0.15, -0.1) is 0 Å². The van der Waals surface area contributed by atoms with E-state index in [2.05, 4.69) is 0 Å². The second-order valence-electron chi connectivity index (χ2n) is 7.47. The van der Waals surface area contributed by atoms with Crippen molar-refractivity contribution in [2.45, 2.75) is 62.4 Å². The summed E-state index contributed by atoms with van der Waals surface area (Å²) < 4.78 is 21.0. The van der Waals surface area contributed by atoms with Crippen molar-refractivity contribution in [3.8, 4) is 0 Å². The van der Waals surface area contributed by atoms with Gasteiger partial charge in [0.05, 0.1) is 37.1 Å². The standard InChI is InChI=1S/C17H26O10/c1-17(23)4-3-7-8(14(21)24-2)5-25-16(10(7)17)26-6-9-11(18)12(19)13(20)15(22)27-9/h5,7,9-13,15-16,18-20,22-23H,3-4,6H2,1-2H3. The van der Waals surface area contributed by atoms with Gasteiger partial charge in [0.2, 0.25) is 6.29 Å². The molecule has 10 heteroatoms. The van der Waals surface area contributed by atoms with Crippen molar-refractivity contribution >= 4 is 5.97 Å². The molecule has 9 atom stereocenters. The predicted octanol–water partition coefficient (Wildman–Crippen LogP) is -2.01. The minimum atomic E-state index is -1.67. The summed E-state index contributed by atoms with van der Waals surface area (Å²) in [6.45, 7) is 1.36. The molecule has 10 nitrogen and oxygen atoms in total. The van der Waals surface area contributed by atoms with E-state index in [1.807, 2.05) is 0 Å². The van der Waals surface area contributed by atoms with Gasteiger partial charge < -0.3 is 44.5 Å². The van der Waals surface area contributed by atoms with Crippen molar-refractivity contribution in [3.05, 3.63) is 11.8 Å². The Labute approximate surface area is 155 Å². The number of carbonyl (C=O) groups excluding carboxylic acids is 1. The molecule has 0 amide bonds. The lowest BCUT2D eigenvalue weighted by molar-refractivity contribution is -0.299. The maximum atomic E-state index is 12.0. The second kappa shape index (κ2) is 7.63. The maximum Gasteiger partial charge on any atom is 0.337 e. The molecule has 0 radical (unpaired) electrons. The van der Waals surface area contributed by atoms with Gasteiger partial charge in [0.1, 0.15) is 24.4 Å².